The number of hydrogen-bond donors (Lipinski definition) is 16. The number of amides is 4. The number of fused-ring (bicyclic) bond motifs is 12. The van der Waals surface area contributed by atoms with Crippen LogP contribution in [0.15, 0.2) is 267 Å². The number of hydroxylamine groups is 1. The molecular formula is C105H102N4O25. The highest BCUT2D eigenvalue weighted by Crippen LogP contribution is 2.75. The number of nitrogens with one attached hydrogen (secondary N) is 1. The van der Waals surface area contributed by atoms with Crippen molar-refractivity contribution in [1.82, 2.24) is 5.48 Å². The highest BCUT2D eigenvalue weighted by molar-refractivity contribution is 5.85. The van der Waals surface area contributed by atoms with Gasteiger partial charge in [-0.2, -0.15) is 0 Å². The number of phenolic OH excluding ortho intramolecular Hbond substituents is 4. The third kappa shape index (κ3) is 13.2. The Morgan fingerprint density at radius 3 is 0.679 bits per heavy atom. The molecule has 4 saturated carbocycles. The monoisotopic (exact) mass is 1820 g/mol. The van der Waals surface area contributed by atoms with Gasteiger partial charge in [0.25, 0.3) is 0 Å². The molecule has 4 aliphatic carbocycles. The first-order valence-electron chi connectivity index (χ1n) is 43.3. The molecule has 29 heteroatoms. The van der Waals surface area contributed by atoms with Gasteiger partial charge < -0.3 is 116 Å². The summed E-state index contributed by atoms with van der Waals surface area (Å²) in [6.07, 6.45) is -6.37. The molecule has 0 spiro atoms. The first-order valence-corrected chi connectivity index (χ1v) is 43.3. The van der Waals surface area contributed by atoms with E-state index in [9.17, 15) is 80.5 Å². The summed E-state index contributed by atoms with van der Waals surface area (Å²) >= 11 is 0. The maximum atomic E-state index is 13.3. The van der Waals surface area contributed by atoms with Crippen molar-refractivity contribution in [2.45, 2.75) is 121 Å². The Hall–Kier alpha value is -14.2. The number of carbonyl (C=O) groups is 4. The number of methoxy groups -OCH3 is 4. The summed E-state index contributed by atoms with van der Waals surface area (Å²) in [5.41, 5.74) is 14.0. The molecule has 0 saturated heterocycles. The maximum Gasteiger partial charge on any atom is 0.250 e. The second-order valence-corrected chi connectivity index (χ2v) is 35.3. The first kappa shape index (κ1) is 91.6. The number of nitrogens with two attached hydrogens (primary N) is 3. The van der Waals surface area contributed by atoms with E-state index in [1.165, 1.54) is 84.1 Å². The molecular weight excluding hydrogens is 1720 g/mol. The normalized spacial score (nSPS) is 29.5. The number of aryl methyl sites for hydroxylation is 4. The summed E-state index contributed by atoms with van der Waals surface area (Å²) in [6.45, 7) is 7.48. The van der Waals surface area contributed by atoms with Gasteiger partial charge in [-0.25, -0.2) is 5.48 Å². The highest BCUT2D eigenvalue weighted by atomic mass is 16.6. The average molecular weight is 1820 g/mol. The summed E-state index contributed by atoms with van der Waals surface area (Å²) in [5.74, 6) is -7.99. The van der Waals surface area contributed by atoms with Gasteiger partial charge in [0.2, 0.25) is 23.6 Å². The number of hydrogen-bond acceptors (Lipinski definition) is 25. The van der Waals surface area contributed by atoms with E-state index in [0.29, 0.717) is 90.5 Å². The van der Waals surface area contributed by atoms with Crippen molar-refractivity contribution in [3.63, 3.8) is 0 Å². The molecule has 4 heterocycles. The Morgan fingerprint density at radius 2 is 0.493 bits per heavy atom. The van der Waals surface area contributed by atoms with Crippen LogP contribution in [-0.4, -0.2) is 145 Å². The van der Waals surface area contributed by atoms with Crippen LogP contribution in [-0.2, 0) is 68.8 Å². The lowest BCUT2D eigenvalue weighted by Crippen LogP contribution is -2.52. The number of carbonyl (C=O) groups excluding carboxylic acids is 4. The zero-order valence-electron chi connectivity index (χ0n) is 74.2. The SMILES string of the molecule is CONC(=O)[C@H]1[C@@H](O)[C@@]2(O)c3c(OC)cc(C)cc3O[C@@]2(c2ccc(O)cc2)[C@@H]1c1ccccc1.COc1cc(C)cc2c1[C@@]1(O)[C@@H](O)[C@@H](C(N)=O)[C@H](c3ccccc3)[C@@]1(c1ccc(O)cc1)O2.COc1cc(C)cc2c1[C@]1(O)[C@H](O)[C@H](C(N)=O)[C@@H](c3ccccc3)[C@]1(c1ccc(O)cc1)O2.COc1cc(C)cc2c1[C@]1(O)[C@H](O)[C@H](C(N)=O)[C@@H](c3ccccc3)[C@]1(c1ccc(O)cc1)O2. The van der Waals surface area contributed by atoms with E-state index in [1.807, 2.05) is 149 Å². The van der Waals surface area contributed by atoms with Crippen LogP contribution in [0.5, 0.6) is 69.0 Å². The molecule has 20 atom stereocenters. The largest absolute Gasteiger partial charge is 0.508 e. The zero-order chi connectivity index (χ0) is 95.6. The van der Waals surface area contributed by atoms with Gasteiger partial charge in [0.1, 0.15) is 93.4 Å². The number of primary amides is 3. The molecule has 4 amide bonds. The number of rotatable bonds is 17. The highest BCUT2D eigenvalue weighted by Gasteiger charge is 2.82. The molecule has 19 N–H and O–H groups in total. The average Bonchev–Trinajstić information content (AvgIpc) is 1.51. The van der Waals surface area contributed by atoms with Gasteiger partial charge in [0, 0.05) is 23.7 Å². The zero-order valence-corrected chi connectivity index (χ0v) is 74.2. The topological polar surface area (TPSA) is 484 Å². The van der Waals surface area contributed by atoms with Gasteiger partial charge in [-0.15, -0.1) is 0 Å². The Morgan fingerprint density at radius 1 is 0.299 bits per heavy atom. The van der Waals surface area contributed by atoms with E-state index >= 15 is 0 Å². The van der Waals surface area contributed by atoms with Crippen LogP contribution < -0.4 is 60.6 Å². The molecule has 134 heavy (non-hydrogen) atoms. The van der Waals surface area contributed by atoms with Crippen LogP contribution in [0.3, 0.4) is 0 Å². The lowest BCUT2D eigenvalue weighted by atomic mass is 9.70. The molecule has 4 fully saturated rings. The van der Waals surface area contributed by atoms with Crippen LogP contribution in [0.2, 0.25) is 0 Å². The van der Waals surface area contributed by atoms with Crippen molar-refractivity contribution in [3.8, 4) is 69.0 Å². The van der Waals surface area contributed by atoms with E-state index in [-0.39, 0.29) is 45.3 Å². The number of aliphatic hydroxyl groups is 8. The van der Waals surface area contributed by atoms with Gasteiger partial charge in [0.05, 0.1) is 81.5 Å². The summed E-state index contributed by atoms with van der Waals surface area (Å²) < 4.78 is 48.9. The van der Waals surface area contributed by atoms with Crippen molar-refractivity contribution in [1.29, 1.82) is 0 Å². The lowest BCUT2D eigenvalue weighted by Gasteiger charge is -2.40. The Bertz CT molecular complexity index is 6050. The van der Waals surface area contributed by atoms with Crippen LogP contribution in [0.4, 0.5) is 0 Å². The Balaban J connectivity index is 0.000000124. The van der Waals surface area contributed by atoms with E-state index in [2.05, 4.69) is 5.48 Å². The molecule has 0 bridgehead atoms. The minimum atomic E-state index is -2.09. The fraction of sp³-hybridized carbons (Fsp3) is 0.276. The third-order valence-electron chi connectivity index (χ3n) is 28.2. The summed E-state index contributed by atoms with van der Waals surface area (Å²) in [5, 5.41) is 136. The van der Waals surface area contributed by atoms with Crippen molar-refractivity contribution >= 4 is 23.6 Å². The summed E-state index contributed by atoms with van der Waals surface area (Å²) in [7, 11) is 7.20. The smallest absolute Gasteiger partial charge is 0.250 e. The van der Waals surface area contributed by atoms with Crippen LogP contribution in [0.1, 0.15) is 113 Å². The summed E-state index contributed by atoms with van der Waals surface area (Å²) in [4.78, 5) is 56.4. The van der Waals surface area contributed by atoms with E-state index in [4.69, 9.17) is 59.9 Å². The predicted octanol–water partition coefficient (Wildman–Crippen LogP) is 9.97. The summed E-state index contributed by atoms with van der Waals surface area (Å²) in [6, 6.07) is 75.3. The van der Waals surface area contributed by atoms with E-state index < -0.39 is 140 Å². The first-order chi connectivity index (χ1) is 64.0. The molecule has 20 rings (SSSR count). The van der Waals surface area contributed by atoms with Crippen molar-refractivity contribution in [2.24, 2.45) is 40.9 Å². The second-order valence-electron chi connectivity index (χ2n) is 35.3. The molecule has 0 radical (unpaired) electrons. The van der Waals surface area contributed by atoms with E-state index in [0.717, 1.165) is 22.3 Å². The quantitative estimate of drug-likeness (QED) is 0.0377. The molecule has 0 aromatic heterocycles. The Kier molecular flexibility index (Phi) is 23.3. The second kappa shape index (κ2) is 34.1. The number of phenols is 4. The number of aliphatic hydroxyl groups excluding tert-OH is 4. The van der Waals surface area contributed by atoms with Crippen LogP contribution in [0.25, 0.3) is 0 Å². The van der Waals surface area contributed by atoms with Crippen molar-refractivity contribution < 1.29 is 123 Å². The van der Waals surface area contributed by atoms with Gasteiger partial charge >= 0.3 is 0 Å². The third-order valence-corrected chi connectivity index (χ3v) is 28.2. The van der Waals surface area contributed by atoms with Gasteiger partial charge in [0.15, 0.2) is 44.8 Å². The molecule has 12 aromatic carbocycles. The lowest BCUT2D eigenvalue weighted by molar-refractivity contribution is -0.157. The number of aromatic hydroxyl groups is 4. The van der Waals surface area contributed by atoms with Crippen LogP contribution >= 0.6 is 0 Å². The predicted molar refractivity (Wildman–Crippen MR) is 486 cm³/mol. The molecule has 0 unspecified atom stereocenters. The number of ether oxygens (including phenoxy) is 8. The molecule has 4 aliphatic heterocycles. The molecule has 12 aromatic rings. The van der Waals surface area contributed by atoms with Gasteiger partial charge in [-0.3, -0.25) is 24.0 Å². The molecule has 29 nitrogen and oxygen atoms in total. The van der Waals surface area contributed by atoms with Crippen molar-refractivity contribution in [3.05, 3.63) is 356 Å². The minimum absolute atomic E-state index is 0.0288. The number of benzene rings is 12. The maximum absolute atomic E-state index is 13.3. The fourth-order valence-electron chi connectivity index (χ4n) is 23.1. The standard InChI is InChI=1S/C27H27NO7.3C26H25NO6/c1-15-13-19(33-2)23-20(14-15)35-27(17-9-11-18(29)12-10-17)22(16-7-5-4-6-8-16)21(25(31)28-34-3)24(30)26(23,27)32;3*1-14-12-18(32-2)22-19(13-14)33-26(16-8-10-17(28)11-9-16)21(15-6-4-3-5-7-15)20(24(27)30)23(29)25(22,26)31/h4-14,21-22,24,29-30,32H,1-3H3,(H,28,31);3*3-13,20-21,23,28-29,31H,1-2H3,(H2,27,30)/t21-,22-,24-,26+,27+;3*20-,21-,23-,25+,26+/m1110/s1. The molecule has 692 valence electrons. The Labute approximate surface area is 770 Å². The van der Waals surface area contributed by atoms with Crippen LogP contribution in [0, 0.1) is 51.4 Å². The van der Waals surface area contributed by atoms with Gasteiger partial charge in [-0.05, 0) is 192 Å². The van der Waals surface area contributed by atoms with Gasteiger partial charge in [-0.1, -0.05) is 170 Å². The minimum Gasteiger partial charge on any atom is -0.508 e. The fourth-order valence-corrected chi connectivity index (χ4v) is 23.1. The van der Waals surface area contributed by atoms with Crippen molar-refractivity contribution in [2.75, 3.05) is 35.5 Å². The molecule has 8 aliphatic rings. The van der Waals surface area contributed by atoms with E-state index in [1.54, 1.807) is 97.1 Å².